The summed E-state index contributed by atoms with van der Waals surface area (Å²) >= 11 is -4.92. The molecule has 0 saturated heterocycles. The Hall–Kier alpha value is -3.76. The van der Waals surface area contributed by atoms with Crippen molar-refractivity contribution < 1.29 is 45.9 Å². The molecule has 1 unspecified atom stereocenters. The minimum Gasteiger partial charge on any atom is -0.497 e. The van der Waals surface area contributed by atoms with Gasteiger partial charge in [0, 0.05) is 5.56 Å². The molecule has 0 saturated carbocycles. The fourth-order valence-corrected chi connectivity index (χ4v) is 4.61. The summed E-state index contributed by atoms with van der Waals surface area (Å²) in [7, 11) is 3.17. The first kappa shape index (κ1) is 28.5. The molecule has 0 radical (unpaired) electrons. The van der Waals surface area contributed by atoms with E-state index in [9.17, 15) is 17.4 Å². The van der Waals surface area contributed by atoms with E-state index >= 15 is 0 Å². The number of ether oxygens (including phenoxy) is 3. The average molecular weight is 563 g/mol. The van der Waals surface area contributed by atoms with E-state index in [1.165, 1.54) is 37.3 Å². The Balaban J connectivity index is 0.000000269. The Morgan fingerprint density at radius 3 is 2.28 bits per heavy atom. The number of carbonyl (C=O) groups is 2. The number of para-hydroxylation sites is 1. The number of hydrogen-bond acceptors (Lipinski definition) is 8. The van der Waals surface area contributed by atoms with Gasteiger partial charge >= 0.3 is 94.4 Å². The van der Waals surface area contributed by atoms with E-state index < -0.39 is 20.1 Å². The molecule has 0 spiro atoms. The molecule has 11 nitrogen and oxygen atoms in total. The van der Waals surface area contributed by atoms with Gasteiger partial charge < -0.3 is 19.3 Å². The van der Waals surface area contributed by atoms with Crippen molar-refractivity contribution in [2.75, 3.05) is 19.5 Å². The van der Waals surface area contributed by atoms with Crippen LogP contribution in [0.5, 0.6) is 17.2 Å². The topological polar surface area (TPSA) is 161 Å². The van der Waals surface area contributed by atoms with Crippen molar-refractivity contribution >= 4 is 36.1 Å². The third kappa shape index (κ3) is 8.17. The largest absolute Gasteiger partial charge is 0.497 e. The summed E-state index contributed by atoms with van der Waals surface area (Å²) in [6.45, 7) is 1.52. The van der Waals surface area contributed by atoms with Gasteiger partial charge in [0.2, 0.25) is 0 Å². The quantitative estimate of drug-likeness (QED) is 0.173. The minimum atomic E-state index is -4.92. The van der Waals surface area contributed by atoms with E-state index in [2.05, 4.69) is 9.19 Å². The summed E-state index contributed by atoms with van der Waals surface area (Å²) in [6.07, 6.45) is 0. The molecule has 0 aliphatic heterocycles. The van der Waals surface area contributed by atoms with Gasteiger partial charge in [0.25, 0.3) is 0 Å². The van der Waals surface area contributed by atoms with Gasteiger partial charge in [-0.3, -0.25) is 0 Å². The van der Waals surface area contributed by atoms with Crippen LogP contribution in [-0.4, -0.2) is 54.7 Å². The second kappa shape index (κ2) is 13.4. The summed E-state index contributed by atoms with van der Waals surface area (Å²) in [6, 6.07) is 17.6. The number of amides is 1. The molecule has 3 aromatic carbocycles. The zero-order chi connectivity index (χ0) is 26.7. The monoisotopic (exact) mass is 563 g/mol. The number of carboxylic acids is 1. The zero-order valence-corrected chi connectivity index (χ0v) is 21.6. The summed E-state index contributed by atoms with van der Waals surface area (Å²) in [4.78, 5) is 21.7. The van der Waals surface area contributed by atoms with Crippen LogP contribution in [0.4, 0.5) is 5.69 Å². The van der Waals surface area contributed by atoms with Crippen molar-refractivity contribution in [1.82, 2.24) is 0 Å². The first-order chi connectivity index (χ1) is 17.1. The molecular weight excluding hydrogens is 537 g/mol. The van der Waals surface area contributed by atoms with E-state index in [0.717, 1.165) is 5.56 Å². The standard InChI is InChI=1S/C16H16O5.C8H10AsNO5/c1-19-13-6-7-15(20-2)12(9-13)10-21-14-5-3-4-11(8-14)16(17)18;1-6(11)10-8-5-3-2-4-7(8)9(12,13)15-14/h3-9H,10H2,1-2H3,(H,17,18);2-5,14H,1H3,(H,10,11)(H,12,13). The molecule has 4 N–H and O–H groups in total. The van der Waals surface area contributed by atoms with E-state index in [1.54, 1.807) is 44.6 Å². The number of carbonyl (C=O) groups excluding carboxylic acids is 1. The van der Waals surface area contributed by atoms with Gasteiger partial charge in [0.05, 0.1) is 19.8 Å². The van der Waals surface area contributed by atoms with Crippen molar-refractivity contribution in [2.45, 2.75) is 13.5 Å². The van der Waals surface area contributed by atoms with Gasteiger partial charge in [0.1, 0.15) is 23.9 Å². The van der Waals surface area contributed by atoms with Crippen LogP contribution in [0.1, 0.15) is 22.8 Å². The maximum absolute atomic E-state index is 11.4. The van der Waals surface area contributed by atoms with Crippen LogP contribution in [0.3, 0.4) is 0 Å². The molecule has 192 valence electrons. The van der Waals surface area contributed by atoms with Crippen molar-refractivity contribution in [3.05, 3.63) is 77.9 Å². The second-order valence-corrected chi connectivity index (χ2v) is 10.6. The predicted molar refractivity (Wildman–Crippen MR) is 130 cm³/mol. The predicted octanol–water partition coefficient (Wildman–Crippen LogP) is 2.68. The van der Waals surface area contributed by atoms with Crippen LogP contribution < -0.4 is 23.9 Å². The molecule has 0 aliphatic carbocycles. The fraction of sp³-hybridized carbons (Fsp3) is 0.167. The number of nitrogens with one attached hydrogen (secondary N) is 1. The number of hydrogen-bond donors (Lipinski definition) is 4. The van der Waals surface area contributed by atoms with Crippen LogP contribution in [0.2, 0.25) is 0 Å². The van der Waals surface area contributed by atoms with Crippen LogP contribution in [-0.2, 0) is 19.0 Å². The van der Waals surface area contributed by atoms with Gasteiger partial charge in [0.15, 0.2) is 0 Å². The van der Waals surface area contributed by atoms with E-state index in [1.807, 2.05) is 6.07 Å². The van der Waals surface area contributed by atoms with Gasteiger partial charge in [-0.15, -0.1) is 0 Å². The van der Waals surface area contributed by atoms with Gasteiger partial charge in [-0.1, -0.05) is 6.07 Å². The van der Waals surface area contributed by atoms with Crippen LogP contribution in [0, 0.1) is 0 Å². The van der Waals surface area contributed by atoms with Crippen molar-refractivity contribution in [3.63, 3.8) is 0 Å². The normalized spacial score (nSPS) is 11.8. The van der Waals surface area contributed by atoms with Crippen molar-refractivity contribution in [2.24, 2.45) is 0 Å². The van der Waals surface area contributed by atoms with Crippen LogP contribution in [0.15, 0.2) is 66.7 Å². The Morgan fingerprint density at radius 2 is 1.67 bits per heavy atom. The van der Waals surface area contributed by atoms with Gasteiger partial charge in [-0.2, -0.15) is 0 Å². The Kier molecular flexibility index (Phi) is 10.6. The first-order valence-corrected chi connectivity index (χ1v) is 13.6. The number of rotatable bonds is 9. The smallest absolute Gasteiger partial charge is 0.335 e. The summed E-state index contributed by atoms with van der Waals surface area (Å²) in [5.41, 5.74) is 1.16. The molecule has 0 heterocycles. The van der Waals surface area contributed by atoms with Crippen molar-refractivity contribution in [3.8, 4) is 17.2 Å². The summed E-state index contributed by atoms with van der Waals surface area (Å²) in [5.74, 6) is 0.508. The fourth-order valence-electron chi connectivity index (χ4n) is 2.93. The summed E-state index contributed by atoms with van der Waals surface area (Å²) < 4.78 is 40.2. The number of aromatic carboxylic acids is 1. The van der Waals surface area contributed by atoms with Gasteiger partial charge in [-0.25, -0.2) is 4.79 Å². The third-order valence-electron chi connectivity index (χ3n) is 4.59. The molecule has 0 bridgehead atoms. The molecule has 0 fully saturated rings. The Labute approximate surface area is 210 Å². The molecule has 12 heteroatoms. The molecule has 1 amide bonds. The van der Waals surface area contributed by atoms with Crippen LogP contribution in [0.25, 0.3) is 0 Å². The van der Waals surface area contributed by atoms with Crippen molar-refractivity contribution in [1.29, 1.82) is 0 Å². The molecule has 0 aliphatic rings. The number of carboxylic acid groups (broad SMARTS) is 1. The Bertz CT molecular complexity index is 1250. The van der Waals surface area contributed by atoms with Gasteiger partial charge in [-0.05, 0) is 36.4 Å². The number of anilines is 1. The second-order valence-electron chi connectivity index (χ2n) is 7.10. The molecular formula is C24H26AsNO10. The van der Waals surface area contributed by atoms with E-state index in [-0.39, 0.29) is 28.1 Å². The minimum absolute atomic E-state index is 0.103. The Morgan fingerprint density at radius 1 is 0.944 bits per heavy atom. The molecule has 3 aromatic rings. The average Bonchev–Trinajstić information content (AvgIpc) is 2.87. The molecule has 36 heavy (non-hydrogen) atoms. The number of benzene rings is 3. The molecule has 0 aromatic heterocycles. The molecule has 1 atom stereocenters. The summed E-state index contributed by atoms with van der Waals surface area (Å²) in [5, 5.41) is 19.6. The third-order valence-corrected chi connectivity index (χ3v) is 7.15. The maximum Gasteiger partial charge on any atom is 0.335 e. The zero-order valence-electron chi connectivity index (χ0n) is 19.7. The number of methoxy groups -OCH3 is 2. The van der Waals surface area contributed by atoms with E-state index in [4.69, 9.17) is 24.6 Å². The maximum atomic E-state index is 11.4. The van der Waals surface area contributed by atoms with Crippen LogP contribution >= 0.6 is 0 Å². The SMILES string of the molecule is CC(=O)Nc1ccccc1[As](=O)(O)OO.COc1ccc(OC)c(COc2cccc(C(=O)O)c2)c1. The molecule has 3 rings (SSSR count). The first-order valence-electron chi connectivity index (χ1n) is 10.3. The van der Waals surface area contributed by atoms with E-state index in [0.29, 0.717) is 17.2 Å².